The molecule has 1 fully saturated rings. The van der Waals surface area contributed by atoms with Crippen molar-refractivity contribution in [3.05, 3.63) is 35.4 Å². The van der Waals surface area contributed by atoms with Gasteiger partial charge in [0, 0.05) is 5.56 Å². The van der Waals surface area contributed by atoms with E-state index in [4.69, 9.17) is 6.42 Å². The maximum atomic E-state index is 5.32. The van der Waals surface area contributed by atoms with E-state index < -0.39 is 0 Å². The topological polar surface area (TPSA) is 12.0 Å². The molecule has 1 N–H and O–H groups in total. The monoisotopic (exact) mass is 199 g/mol. The van der Waals surface area contributed by atoms with E-state index in [9.17, 15) is 0 Å². The summed E-state index contributed by atoms with van der Waals surface area (Å²) < 4.78 is 0. The average molecular weight is 199 g/mol. The average Bonchev–Trinajstić information content (AvgIpc) is 2.31. The second kappa shape index (κ2) is 5.00. The lowest BCUT2D eigenvalue weighted by molar-refractivity contribution is 0.376. The van der Waals surface area contributed by atoms with Gasteiger partial charge in [-0.1, -0.05) is 18.1 Å². The van der Waals surface area contributed by atoms with Gasteiger partial charge in [0.2, 0.25) is 0 Å². The van der Waals surface area contributed by atoms with Crippen LogP contribution < -0.4 is 5.32 Å². The summed E-state index contributed by atoms with van der Waals surface area (Å²) in [7, 11) is 0. The van der Waals surface area contributed by atoms with Crippen LogP contribution in [0.2, 0.25) is 0 Å². The van der Waals surface area contributed by atoms with E-state index in [0.717, 1.165) is 18.0 Å². The summed E-state index contributed by atoms with van der Waals surface area (Å²) in [5.74, 6) is 3.45. The summed E-state index contributed by atoms with van der Waals surface area (Å²) in [6.07, 6.45) is 9.17. The Kier molecular flexibility index (Phi) is 3.42. The van der Waals surface area contributed by atoms with Gasteiger partial charge in [0.15, 0.2) is 0 Å². The summed E-state index contributed by atoms with van der Waals surface area (Å²) in [4.78, 5) is 0. The van der Waals surface area contributed by atoms with Crippen molar-refractivity contribution in [2.24, 2.45) is 5.92 Å². The van der Waals surface area contributed by atoms with Crippen molar-refractivity contribution in [1.82, 2.24) is 5.32 Å². The molecule has 1 heteroatoms. The van der Waals surface area contributed by atoms with E-state index in [1.54, 1.807) is 0 Å². The molecule has 0 spiro atoms. The van der Waals surface area contributed by atoms with Crippen LogP contribution in [0, 0.1) is 18.3 Å². The summed E-state index contributed by atoms with van der Waals surface area (Å²) in [6, 6.07) is 8.38. The van der Waals surface area contributed by atoms with Crippen molar-refractivity contribution >= 4 is 0 Å². The molecule has 1 aliphatic heterocycles. The third-order valence-corrected chi connectivity index (χ3v) is 3.04. The van der Waals surface area contributed by atoms with Crippen molar-refractivity contribution in [3.8, 4) is 12.3 Å². The maximum absolute atomic E-state index is 5.32. The molecule has 1 aliphatic rings. The Morgan fingerprint density at radius 2 is 2.13 bits per heavy atom. The first-order valence-electron chi connectivity index (χ1n) is 5.65. The van der Waals surface area contributed by atoms with Gasteiger partial charge in [-0.15, -0.1) is 6.42 Å². The number of hydrogen-bond acceptors (Lipinski definition) is 1. The summed E-state index contributed by atoms with van der Waals surface area (Å²) in [5, 5.41) is 3.45. The Hall–Kier alpha value is -1.26. The Morgan fingerprint density at radius 1 is 1.33 bits per heavy atom. The molecule has 1 heterocycles. The van der Waals surface area contributed by atoms with Crippen molar-refractivity contribution in [2.45, 2.75) is 19.3 Å². The molecule has 2 rings (SSSR count). The lowest BCUT2D eigenvalue weighted by Crippen LogP contribution is -2.30. The van der Waals surface area contributed by atoms with Gasteiger partial charge in [-0.3, -0.25) is 0 Å². The molecule has 78 valence electrons. The number of rotatable bonds is 2. The van der Waals surface area contributed by atoms with Crippen LogP contribution in [0.25, 0.3) is 0 Å². The number of benzene rings is 1. The Morgan fingerprint density at radius 3 is 2.73 bits per heavy atom. The standard InChI is InChI=1S/C14H17N/c1-2-12-5-7-13(8-6-12)10-14-4-3-9-15-11-14/h1,5-8,14-15H,3-4,9-11H2. The van der Waals surface area contributed by atoms with Crippen LogP contribution in [-0.4, -0.2) is 13.1 Å². The van der Waals surface area contributed by atoms with Crippen molar-refractivity contribution < 1.29 is 0 Å². The summed E-state index contributed by atoms with van der Waals surface area (Å²) in [6.45, 7) is 2.35. The van der Waals surface area contributed by atoms with Crippen LogP contribution in [0.4, 0.5) is 0 Å². The van der Waals surface area contributed by atoms with Gasteiger partial charge < -0.3 is 5.32 Å². The zero-order chi connectivity index (χ0) is 10.5. The van der Waals surface area contributed by atoms with Crippen LogP contribution >= 0.6 is 0 Å². The molecule has 1 nitrogen and oxygen atoms in total. The lowest BCUT2D eigenvalue weighted by atomic mass is 9.92. The van der Waals surface area contributed by atoms with Crippen LogP contribution in [0.5, 0.6) is 0 Å². The largest absolute Gasteiger partial charge is 0.316 e. The van der Waals surface area contributed by atoms with Gasteiger partial charge in [-0.05, 0) is 56.0 Å². The molecule has 0 aliphatic carbocycles. The highest BCUT2D eigenvalue weighted by atomic mass is 14.9. The van der Waals surface area contributed by atoms with Crippen LogP contribution in [0.1, 0.15) is 24.0 Å². The molecule has 0 bridgehead atoms. The molecular weight excluding hydrogens is 182 g/mol. The van der Waals surface area contributed by atoms with E-state index >= 15 is 0 Å². The van der Waals surface area contributed by atoms with Crippen LogP contribution in [0.15, 0.2) is 24.3 Å². The molecule has 1 aromatic carbocycles. The first-order valence-corrected chi connectivity index (χ1v) is 5.65. The minimum Gasteiger partial charge on any atom is -0.316 e. The summed E-state index contributed by atoms with van der Waals surface area (Å²) in [5.41, 5.74) is 2.38. The van der Waals surface area contributed by atoms with E-state index in [2.05, 4.69) is 23.4 Å². The minimum absolute atomic E-state index is 0.801. The fourth-order valence-electron chi connectivity index (χ4n) is 2.17. The van der Waals surface area contributed by atoms with Crippen molar-refractivity contribution in [2.75, 3.05) is 13.1 Å². The van der Waals surface area contributed by atoms with Crippen LogP contribution in [0.3, 0.4) is 0 Å². The van der Waals surface area contributed by atoms with Crippen LogP contribution in [-0.2, 0) is 6.42 Å². The molecule has 1 unspecified atom stereocenters. The van der Waals surface area contributed by atoms with Crippen molar-refractivity contribution in [1.29, 1.82) is 0 Å². The predicted molar refractivity (Wildman–Crippen MR) is 63.7 cm³/mol. The molecule has 0 amide bonds. The summed E-state index contributed by atoms with van der Waals surface area (Å²) >= 11 is 0. The fourth-order valence-corrected chi connectivity index (χ4v) is 2.17. The quantitative estimate of drug-likeness (QED) is 0.720. The molecule has 0 saturated carbocycles. The number of hydrogen-bond donors (Lipinski definition) is 1. The predicted octanol–water partition coefficient (Wildman–Crippen LogP) is 2.21. The van der Waals surface area contributed by atoms with Gasteiger partial charge in [-0.2, -0.15) is 0 Å². The first-order chi connectivity index (χ1) is 7.38. The normalized spacial score (nSPS) is 20.9. The second-order valence-corrected chi connectivity index (χ2v) is 4.26. The Labute approximate surface area is 91.9 Å². The van der Waals surface area contributed by atoms with E-state index in [1.807, 2.05) is 12.1 Å². The third kappa shape index (κ3) is 2.84. The Balaban J connectivity index is 1.95. The highest BCUT2D eigenvalue weighted by molar-refractivity contribution is 5.34. The molecule has 0 radical (unpaired) electrons. The zero-order valence-electron chi connectivity index (χ0n) is 9.00. The number of nitrogens with one attached hydrogen (secondary N) is 1. The SMILES string of the molecule is C#Cc1ccc(CC2CCCNC2)cc1. The van der Waals surface area contributed by atoms with E-state index in [0.29, 0.717) is 0 Å². The molecule has 1 aromatic rings. The molecular formula is C14H17N. The van der Waals surface area contributed by atoms with Gasteiger partial charge in [0.05, 0.1) is 0 Å². The zero-order valence-corrected chi connectivity index (χ0v) is 9.00. The van der Waals surface area contributed by atoms with Gasteiger partial charge in [0.1, 0.15) is 0 Å². The van der Waals surface area contributed by atoms with E-state index in [-0.39, 0.29) is 0 Å². The molecule has 1 saturated heterocycles. The number of terminal acetylenes is 1. The van der Waals surface area contributed by atoms with Gasteiger partial charge in [0.25, 0.3) is 0 Å². The highest BCUT2D eigenvalue weighted by Crippen LogP contribution is 2.16. The smallest absolute Gasteiger partial charge is 0.0242 e. The second-order valence-electron chi connectivity index (χ2n) is 4.26. The minimum atomic E-state index is 0.801. The first kappa shape index (κ1) is 10.3. The van der Waals surface area contributed by atoms with E-state index in [1.165, 1.54) is 31.4 Å². The third-order valence-electron chi connectivity index (χ3n) is 3.04. The highest BCUT2D eigenvalue weighted by Gasteiger charge is 2.12. The maximum Gasteiger partial charge on any atom is 0.0242 e. The lowest BCUT2D eigenvalue weighted by Gasteiger charge is -2.22. The Bertz CT molecular complexity index is 339. The molecule has 15 heavy (non-hydrogen) atoms. The van der Waals surface area contributed by atoms with Gasteiger partial charge >= 0.3 is 0 Å². The number of piperidine rings is 1. The van der Waals surface area contributed by atoms with Crippen molar-refractivity contribution in [3.63, 3.8) is 0 Å². The molecule has 1 atom stereocenters. The molecule has 0 aromatic heterocycles. The fraction of sp³-hybridized carbons (Fsp3) is 0.429. The van der Waals surface area contributed by atoms with Gasteiger partial charge in [-0.25, -0.2) is 0 Å².